The maximum Gasteiger partial charge on any atom is 0.288 e. The van der Waals surface area contributed by atoms with Crippen LogP contribution in [0.4, 0.5) is 5.69 Å². The largest absolute Gasteiger partial charge is 0.446 e. The highest BCUT2D eigenvalue weighted by Gasteiger charge is 2.33. The number of rotatable bonds is 3. The van der Waals surface area contributed by atoms with E-state index in [1.165, 1.54) is 24.1 Å². The number of nitrogens with zero attached hydrogens (tertiary/aromatic N) is 3. The van der Waals surface area contributed by atoms with Gasteiger partial charge in [-0.2, -0.15) is 5.01 Å². The molecule has 8 heteroatoms. The summed E-state index contributed by atoms with van der Waals surface area (Å²) in [4.78, 5) is 22.4. The number of hydrogen-bond acceptors (Lipinski definition) is 5. The number of nitro groups is 1. The summed E-state index contributed by atoms with van der Waals surface area (Å²) in [5.41, 5.74) is 1.90. The quantitative estimate of drug-likeness (QED) is 0.616. The Hall–Kier alpha value is -2.93. The molecule has 2 aromatic carbocycles. The SMILES string of the molecule is CC(=O)N1N=C(c2ccc(Cl)c([N+](=O)[O-])c2)O[C@H]1c1cccc(C)c1. The summed E-state index contributed by atoms with van der Waals surface area (Å²) < 4.78 is 5.83. The molecule has 0 saturated heterocycles. The Morgan fingerprint density at radius 2 is 2.08 bits per heavy atom. The summed E-state index contributed by atoms with van der Waals surface area (Å²) >= 11 is 5.83. The second-order valence-corrected chi connectivity index (χ2v) is 5.98. The van der Waals surface area contributed by atoms with Crippen LogP contribution < -0.4 is 0 Å². The van der Waals surface area contributed by atoms with Gasteiger partial charge >= 0.3 is 0 Å². The van der Waals surface area contributed by atoms with Crippen LogP contribution in [0.15, 0.2) is 47.6 Å². The number of hydrogen-bond donors (Lipinski definition) is 0. The van der Waals surface area contributed by atoms with E-state index in [0.717, 1.165) is 11.1 Å². The van der Waals surface area contributed by atoms with E-state index in [1.54, 1.807) is 6.07 Å². The Labute approximate surface area is 148 Å². The van der Waals surface area contributed by atoms with E-state index in [0.29, 0.717) is 5.56 Å². The molecule has 1 heterocycles. The topological polar surface area (TPSA) is 85.0 Å². The third-order valence-electron chi connectivity index (χ3n) is 3.68. The summed E-state index contributed by atoms with van der Waals surface area (Å²) in [5.74, 6) is -0.175. The zero-order chi connectivity index (χ0) is 18.1. The van der Waals surface area contributed by atoms with E-state index in [1.807, 2.05) is 31.2 Å². The Morgan fingerprint density at radius 3 is 2.72 bits per heavy atom. The van der Waals surface area contributed by atoms with Crippen molar-refractivity contribution >= 4 is 29.1 Å². The fourth-order valence-corrected chi connectivity index (χ4v) is 2.70. The number of carbonyl (C=O) groups is 1. The van der Waals surface area contributed by atoms with Crippen molar-refractivity contribution in [1.82, 2.24) is 5.01 Å². The van der Waals surface area contributed by atoms with Crippen LogP contribution in [0, 0.1) is 17.0 Å². The van der Waals surface area contributed by atoms with Crippen LogP contribution >= 0.6 is 11.6 Å². The van der Waals surface area contributed by atoms with Crippen molar-refractivity contribution in [3.8, 4) is 0 Å². The minimum atomic E-state index is -0.720. The second kappa shape index (κ2) is 6.52. The molecule has 128 valence electrons. The molecule has 0 radical (unpaired) electrons. The van der Waals surface area contributed by atoms with Crippen molar-refractivity contribution in [3.05, 3.63) is 74.3 Å². The molecule has 0 spiro atoms. The summed E-state index contributed by atoms with van der Waals surface area (Å²) in [6, 6.07) is 11.8. The minimum Gasteiger partial charge on any atom is -0.446 e. The fourth-order valence-electron chi connectivity index (χ4n) is 2.51. The minimum absolute atomic E-state index is 0.0194. The third kappa shape index (κ3) is 3.32. The van der Waals surface area contributed by atoms with Crippen LogP contribution in [0.2, 0.25) is 5.02 Å². The number of nitro benzene ring substituents is 1. The van der Waals surface area contributed by atoms with Crippen LogP contribution in [0.5, 0.6) is 0 Å². The van der Waals surface area contributed by atoms with Crippen molar-refractivity contribution in [3.63, 3.8) is 0 Å². The van der Waals surface area contributed by atoms with Gasteiger partial charge in [-0.1, -0.05) is 41.4 Å². The lowest BCUT2D eigenvalue weighted by Crippen LogP contribution is -2.25. The van der Waals surface area contributed by atoms with E-state index < -0.39 is 11.2 Å². The second-order valence-electron chi connectivity index (χ2n) is 5.58. The van der Waals surface area contributed by atoms with Gasteiger partial charge in [0.25, 0.3) is 5.69 Å². The summed E-state index contributed by atoms with van der Waals surface area (Å²) in [7, 11) is 0. The smallest absolute Gasteiger partial charge is 0.288 e. The molecule has 0 saturated carbocycles. The van der Waals surface area contributed by atoms with Gasteiger partial charge in [-0.25, -0.2) is 0 Å². The first kappa shape index (κ1) is 16.9. The van der Waals surface area contributed by atoms with Gasteiger partial charge in [0.05, 0.1) is 4.92 Å². The molecule has 1 atom stereocenters. The molecular weight excluding hydrogens is 346 g/mol. The first-order valence-electron chi connectivity index (χ1n) is 7.43. The van der Waals surface area contributed by atoms with E-state index in [9.17, 15) is 14.9 Å². The lowest BCUT2D eigenvalue weighted by molar-refractivity contribution is -0.384. The van der Waals surface area contributed by atoms with E-state index in [2.05, 4.69) is 5.10 Å². The number of aryl methyl sites for hydroxylation is 1. The maximum absolute atomic E-state index is 11.9. The number of benzene rings is 2. The van der Waals surface area contributed by atoms with Crippen molar-refractivity contribution in [2.24, 2.45) is 5.10 Å². The maximum atomic E-state index is 11.9. The van der Waals surface area contributed by atoms with Crippen LogP contribution in [0.25, 0.3) is 0 Å². The van der Waals surface area contributed by atoms with Gasteiger partial charge in [0.2, 0.25) is 18.0 Å². The van der Waals surface area contributed by atoms with Crippen molar-refractivity contribution in [1.29, 1.82) is 0 Å². The van der Waals surface area contributed by atoms with Gasteiger partial charge < -0.3 is 4.74 Å². The van der Waals surface area contributed by atoms with Gasteiger partial charge in [0.15, 0.2) is 0 Å². The molecule has 0 fully saturated rings. The third-order valence-corrected chi connectivity index (χ3v) is 4.00. The predicted octanol–water partition coefficient (Wildman–Crippen LogP) is 3.80. The van der Waals surface area contributed by atoms with Crippen LogP contribution in [-0.2, 0) is 9.53 Å². The lowest BCUT2D eigenvalue weighted by atomic mass is 10.1. The molecule has 0 N–H and O–H groups in total. The summed E-state index contributed by atoms with van der Waals surface area (Å²) in [6.45, 7) is 3.31. The van der Waals surface area contributed by atoms with Gasteiger partial charge in [-0.05, 0) is 19.1 Å². The molecule has 0 aliphatic carbocycles. The molecule has 3 rings (SSSR count). The van der Waals surface area contributed by atoms with Gasteiger partial charge in [0, 0.05) is 24.1 Å². The first-order chi connectivity index (χ1) is 11.9. The molecule has 0 bridgehead atoms. The predicted molar refractivity (Wildman–Crippen MR) is 92.2 cm³/mol. The van der Waals surface area contributed by atoms with Gasteiger partial charge in [-0.15, -0.1) is 5.10 Å². The lowest BCUT2D eigenvalue weighted by Gasteiger charge is -2.19. The number of halogens is 1. The van der Waals surface area contributed by atoms with E-state index in [-0.39, 0.29) is 22.5 Å². The highest BCUT2D eigenvalue weighted by molar-refractivity contribution is 6.32. The highest BCUT2D eigenvalue weighted by Crippen LogP contribution is 2.32. The molecule has 7 nitrogen and oxygen atoms in total. The highest BCUT2D eigenvalue weighted by atomic mass is 35.5. The normalized spacial score (nSPS) is 16.4. The Balaban J connectivity index is 1.99. The average Bonchev–Trinajstić information content (AvgIpc) is 3.00. The zero-order valence-corrected chi connectivity index (χ0v) is 14.2. The number of ether oxygens (including phenoxy) is 1. The molecule has 25 heavy (non-hydrogen) atoms. The summed E-state index contributed by atoms with van der Waals surface area (Å²) in [6.07, 6.45) is -0.720. The van der Waals surface area contributed by atoms with Crippen molar-refractivity contribution < 1.29 is 14.5 Å². The Bertz CT molecular complexity index is 897. The Morgan fingerprint density at radius 1 is 1.32 bits per heavy atom. The molecule has 1 aliphatic heterocycles. The number of carbonyl (C=O) groups excluding carboxylic acids is 1. The van der Waals surface area contributed by atoms with E-state index >= 15 is 0 Å². The average molecular weight is 360 g/mol. The van der Waals surface area contributed by atoms with Crippen LogP contribution in [-0.4, -0.2) is 21.7 Å². The zero-order valence-electron chi connectivity index (χ0n) is 13.5. The Kier molecular flexibility index (Phi) is 4.41. The molecule has 0 unspecified atom stereocenters. The van der Waals surface area contributed by atoms with E-state index in [4.69, 9.17) is 16.3 Å². The molecular formula is C17H14ClN3O4. The molecule has 1 aliphatic rings. The number of hydrazone groups is 1. The monoisotopic (exact) mass is 359 g/mol. The molecule has 2 aromatic rings. The number of amides is 1. The molecule has 1 amide bonds. The first-order valence-corrected chi connectivity index (χ1v) is 7.80. The van der Waals surface area contributed by atoms with Gasteiger partial charge in [-0.3, -0.25) is 14.9 Å². The van der Waals surface area contributed by atoms with Crippen molar-refractivity contribution in [2.45, 2.75) is 20.1 Å². The van der Waals surface area contributed by atoms with Crippen LogP contribution in [0.3, 0.4) is 0 Å². The standard InChI is InChI=1S/C17H14ClN3O4/c1-10-4-3-5-13(8-10)17-20(11(2)22)19-16(25-17)12-6-7-14(18)15(9-12)21(23)24/h3-9,17H,1-2H3/t17-/m0/s1. The van der Waals surface area contributed by atoms with Crippen LogP contribution in [0.1, 0.15) is 29.8 Å². The summed E-state index contributed by atoms with van der Waals surface area (Å²) in [5, 5.41) is 16.5. The fraction of sp³-hybridized carbons (Fsp3) is 0.176. The van der Waals surface area contributed by atoms with Gasteiger partial charge in [0.1, 0.15) is 5.02 Å². The molecule has 0 aromatic heterocycles. The van der Waals surface area contributed by atoms with Crippen molar-refractivity contribution in [2.75, 3.05) is 0 Å².